The second-order valence-corrected chi connectivity index (χ2v) is 7.41. The van der Waals surface area contributed by atoms with Gasteiger partial charge in [-0.2, -0.15) is 13.2 Å². The first-order chi connectivity index (χ1) is 14.2. The lowest BCUT2D eigenvalue weighted by Gasteiger charge is -2.14. The third-order valence-electron chi connectivity index (χ3n) is 3.88. The summed E-state index contributed by atoms with van der Waals surface area (Å²) in [5, 5.41) is 10.1. The molecule has 0 bridgehead atoms. The molecule has 0 unspecified atom stereocenters. The van der Waals surface area contributed by atoms with Crippen molar-refractivity contribution in [2.75, 3.05) is 25.6 Å². The van der Waals surface area contributed by atoms with E-state index in [0.29, 0.717) is 11.5 Å². The number of rotatable bonds is 10. The third kappa shape index (κ3) is 7.79. The number of carbonyl (C=O) groups excluding carboxylic acids is 1. The number of aliphatic hydroxyl groups excluding tert-OH is 1. The van der Waals surface area contributed by atoms with Crippen molar-refractivity contribution in [3.05, 3.63) is 53.6 Å². The topological polar surface area (TPSA) is 65.0 Å². The molecule has 5 nitrogen and oxygen atoms in total. The number of ether oxygens (including phenoxy) is 3. The molecule has 0 spiro atoms. The number of halogens is 3. The zero-order valence-corrected chi connectivity index (χ0v) is 17.4. The van der Waals surface area contributed by atoms with E-state index in [9.17, 15) is 23.1 Å². The first-order valence-corrected chi connectivity index (χ1v) is 10.2. The van der Waals surface area contributed by atoms with E-state index in [2.05, 4.69) is 0 Å². The van der Waals surface area contributed by atoms with Crippen molar-refractivity contribution < 1.29 is 37.3 Å². The van der Waals surface area contributed by atoms with Crippen molar-refractivity contribution in [1.82, 2.24) is 0 Å². The SMILES string of the molecule is CCOC(=O)COc1cc(SC[C@@H](O)COc2ccc(C(F)(F)F)cc2)ccc1C. The van der Waals surface area contributed by atoms with Gasteiger partial charge in [-0.3, -0.25) is 0 Å². The Hall–Kier alpha value is -2.39. The molecule has 0 amide bonds. The van der Waals surface area contributed by atoms with Crippen LogP contribution in [-0.4, -0.2) is 42.8 Å². The van der Waals surface area contributed by atoms with Crippen molar-refractivity contribution in [2.45, 2.75) is 31.0 Å². The quantitative estimate of drug-likeness (QED) is 0.430. The summed E-state index contributed by atoms with van der Waals surface area (Å²) in [4.78, 5) is 12.3. The van der Waals surface area contributed by atoms with Crippen LogP contribution in [0, 0.1) is 6.92 Å². The number of hydrogen-bond acceptors (Lipinski definition) is 6. The Kier molecular flexibility index (Phi) is 8.86. The summed E-state index contributed by atoms with van der Waals surface area (Å²) in [7, 11) is 0. The van der Waals surface area contributed by atoms with Gasteiger partial charge in [0.2, 0.25) is 0 Å². The largest absolute Gasteiger partial charge is 0.491 e. The Morgan fingerprint density at radius 2 is 1.83 bits per heavy atom. The normalized spacial score (nSPS) is 12.3. The van der Waals surface area contributed by atoms with Crippen LogP contribution in [0.5, 0.6) is 11.5 Å². The lowest BCUT2D eigenvalue weighted by molar-refractivity contribution is -0.145. The molecule has 0 saturated carbocycles. The standard InChI is InChI=1S/C21H23F3O5S/c1-3-27-20(26)12-29-19-10-18(9-4-14(19)2)30-13-16(25)11-28-17-7-5-15(6-8-17)21(22,23)24/h4-10,16,25H,3,11-13H2,1-2H3/t16-/m0/s1. The van der Waals surface area contributed by atoms with Gasteiger partial charge in [0, 0.05) is 10.6 Å². The molecule has 2 aromatic carbocycles. The van der Waals surface area contributed by atoms with Gasteiger partial charge in [-0.25, -0.2) is 4.79 Å². The number of carbonyl (C=O) groups is 1. The summed E-state index contributed by atoms with van der Waals surface area (Å²) in [5.74, 6) is 0.646. The molecule has 0 radical (unpaired) electrons. The second-order valence-electron chi connectivity index (χ2n) is 6.32. The van der Waals surface area contributed by atoms with Crippen molar-refractivity contribution in [1.29, 1.82) is 0 Å². The van der Waals surface area contributed by atoms with E-state index in [1.54, 1.807) is 13.0 Å². The van der Waals surface area contributed by atoms with Crippen molar-refractivity contribution in [2.24, 2.45) is 0 Å². The maximum absolute atomic E-state index is 12.6. The molecule has 164 valence electrons. The van der Waals surface area contributed by atoms with Crippen LogP contribution in [0.3, 0.4) is 0 Å². The van der Waals surface area contributed by atoms with Gasteiger partial charge in [0.15, 0.2) is 6.61 Å². The lowest BCUT2D eigenvalue weighted by Crippen LogP contribution is -2.20. The average molecular weight is 444 g/mol. The Bertz CT molecular complexity index is 824. The monoisotopic (exact) mass is 444 g/mol. The Morgan fingerprint density at radius 1 is 1.13 bits per heavy atom. The Balaban J connectivity index is 1.82. The van der Waals surface area contributed by atoms with Crippen molar-refractivity contribution in [3.8, 4) is 11.5 Å². The molecule has 0 aliphatic heterocycles. The van der Waals surface area contributed by atoms with Gasteiger partial charge in [-0.05, 0) is 55.8 Å². The van der Waals surface area contributed by atoms with Crippen molar-refractivity contribution >= 4 is 17.7 Å². The molecule has 1 atom stereocenters. The molecular weight excluding hydrogens is 421 g/mol. The van der Waals surface area contributed by atoms with E-state index in [-0.39, 0.29) is 25.6 Å². The predicted octanol–water partition coefficient (Wildman–Crippen LogP) is 4.49. The minimum Gasteiger partial charge on any atom is -0.491 e. The number of aryl methyl sites for hydroxylation is 1. The summed E-state index contributed by atoms with van der Waals surface area (Å²) in [6.07, 6.45) is -5.23. The highest BCUT2D eigenvalue weighted by molar-refractivity contribution is 7.99. The number of aliphatic hydroxyl groups is 1. The van der Waals surface area contributed by atoms with Gasteiger partial charge in [0.1, 0.15) is 18.1 Å². The van der Waals surface area contributed by atoms with Crippen molar-refractivity contribution in [3.63, 3.8) is 0 Å². The number of thioether (sulfide) groups is 1. The van der Waals surface area contributed by atoms with Crippen LogP contribution in [0.4, 0.5) is 13.2 Å². The van der Waals surface area contributed by atoms with Gasteiger partial charge < -0.3 is 19.3 Å². The summed E-state index contributed by atoms with van der Waals surface area (Å²) in [5.41, 5.74) is 0.0983. The minimum absolute atomic E-state index is 0.0591. The van der Waals surface area contributed by atoms with E-state index in [0.717, 1.165) is 22.6 Å². The maximum atomic E-state index is 12.6. The fourth-order valence-corrected chi connectivity index (χ4v) is 3.17. The highest BCUT2D eigenvalue weighted by atomic mass is 32.2. The Labute approximate surface area is 177 Å². The molecule has 30 heavy (non-hydrogen) atoms. The first kappa shape index (κ1) is 23.9. The van der Waals surface area contributed by atoms with Crippen LogP contribution in [0.25, 0.3) is 0 Å². The number of hydrogen-bond donors (Lipinski definition) is 1. The van der Waals surface area contributed by atoms with Crippen LogP contribution >= 0.6 is 11.8 Å². The number of esters is 1. The zero-order valence-electron chi connectivity index (χ0n) is 16.6. The third-order valence-corrected chi connectivity index (χ3v) is 5.02. The zero-order chi connectivity index (χ0) is 22.1. The molecule has 2 aromatic rings. The smallest absolute Gasteiger partial charge is 0.416 e. The van der Waals surface area contributed by atoms with Crippen LogP contribution in [0.1, 0.15) is 18.1 Å². The predicted molar refractivity (Wildman–Crippen MR) is 107 cm³/mol. The first-order valence-electron chi connectivity index (χ1n) is 9.19. The average Bonchev–Trinajstić information content (AvgIpc) is 2.70. The highest BCUT2D eigenvalue weighted by Crippen LogP contribution is 2.30. The van der Waals surface area contributed by atoms with E-state index >= 15 is 0 Å². The lowest BCUT2D eigenvalue weighted by atomic mass is 10.2. The fourth-order valence-electron chi connectivity index (χ4n) is 2.34. The van der Waals surface area contributed by atoms with Gasteiger partial charge in [-0.1, -0.05) is 6.07 Å². The van der Waals surface area contributed by atoms with Crippen LogP contribution in [0.15, 0.2) is 47.4 Å². The van der Waals surface area contributed by atoms with Gasteiger partial charge in [0.25, 0.3) is 0 Å². The molecular formula is C21H23F3O5S. The Morgan fingerprint density at radius 3 is 2.47 bits per heavy atom. The summed E-state index contributed by atoms with van der Waals surface area (Å²) >= 11 is 1.36. The molecule has 9 heteroatoms. The van der Waals surface area contributed by atoms with Crippen LogP contribution < -0.4 is 9.47 Å². The van der Waals surface area contributed by atoms with Gasteiger partial charge in [-0.15, -0.1) is 11.8 Å². The highest BCUT2D eigenvalue weighted by Gasteiger charge is 2.30. The van der Waals surface area contributed by atoms with Gasteiger partial charge >= 0.3 is 12.1 Å². The summed E-state index contributed by atoms with van der Waals surface area (Å²) in [6.45, 7) is 3.60. The van der Waals surface area contributed by atoms with E-state index in [1.807, 2.05) is 19.1 Å². The molecule has 0 aromatic heterocycles. The molecule has 0 fully saturated rings. The van der Waals surface area contributed by atoms with E-state index in [1.165, 1.54) is 23.9 Å². The van der Waals surface area contributed by atoms with Crippen LogP contribution in [0.2, 0.25) is 0 Å². The number of alkyl halides is 3. The summed E-state index contributed by atoms with van der Waals surface area (Å²) < 4.78 is 53.3. The maximum Gasteiger partial charge on any atom is 0.416 e. The van der Waals surface area contributed by atoms with E-state index in [4.69, 9.17) is 14.2 Å². The molecule has 0 saturated heterocycles. The molecule has 0 aliphatic carbocycles. The minimum atomic E-state index is -4.40. The molecule has 1 N–H and O–H groups in total. The van der Waals surface area contributed by atoms with Crippen LogP contribution in [-0.2, 0) is 15.7 Å². The summed E-state index contributed by atoms with van der Waals surface area (Å²) in [6, 6.07) is 9.77. The fraction of sp³-hybridized carbons (Fsp3) is 0.381. The molecule has 0 heterocycles. The van der Waals surface area contributed by atoms with E-state index < -0.39 is 23.8 Å². The van der Waals surface area contributed by atoms with Gasteiger partial charge in [0.05, 0.1) is 18.3 Å². The molecule has 0 aliphatic rings. The number of benzene rings is 2. The molecule has 2 rings (SSSR count). The second kappa shape index (κ2) is 11.1.